The largest absolute Gasteiger partial charge is 0.390 e. The standard InChI is InChI=1S/C27H29F3N6/c1-16-11-21-15-36(10-8-27(28,29)30)9-7-19(21)12-23(16)34-26-32-13-17(2)25(35-26)33-22-6-4-5-20-14-31-18(3)24(20)22/h4-6,11-13,31H,3,7-10,14-15H2,1-2H3,(H2,32,33,34,35). The minimum Gasteiger partial charge on any atom is -0.381 e. The van der Waals surface area contributed by atoms with Gasteiger partial charge in [-0.05, 0) is 54.7 Å². The molecule has 36 heavy (non-hydrogen) atoms. The molecule has 1 aromatic heterocycles. The molecular formula is C27H29F3N6. The first kappa shape index (κ1) is 24.1. The Hall–Kier alpha value is -3.59. The zero-order chi connectivity index (χ0) is 25.4. The quantitative estimate of drug-likeness (QED) is 0.393. The number of alkyl halides is 3. The first-order chi connectivity index (χ1) is 17.2. The summed E-state index contributed by atoms with van der Waals surface area (Å²) >= 11 is 0. The molecule has 2 aliphatic heterocycles. The second-order valence-electron chi connectivity index (χ2n) is 9.47. The summed E-state index contributed by atoms with van der Waals surface area (Å²) in [6.45, 7) is 9.99. The lowest BCUT2D eigenvalue weighted by Crippen LogP contribution is -2.33. The van der Waals surface area contributed by atoms with Crippen molar-refractivity contribution in [2.45, 2.75) is 46.0 Å². The highest BCUT2D eigenvalue weighted by Gasteiger charge is 2.29. The lowest BCUT2D eigenvalue weighted by Gasteiger charge is -2.30. The van der Waals surface area contributed by atoms with Crippen LogP contribution in [0.25, 0.3) is 5.70 Å². The fourth-order valence-corrected chi connectivity index (χ4v) is 4.78. The van der Waals surface area contributed by atoms with E-state index in [-0.39, 0.29) is 6.54 Å². The molecule has 0 atom stereocenters. The van der Waals surface area contributed by atoms with Gasteiger partial charge in [-0.2, -0.15) is 18.2 Å². The number of aromatic nitrogens is 2. The van der Waals surface area contributed by atoms with Crippen molar-refractivity contribution in [2.75, 3.05) is 23.7 Å². The van der Waals surface area contributed by atoms with Crippen molar-refractivity contribution in [1.29, 1.82) is 0 Å². The summed E-state index contributed by atoms with van der Waals surface area (Å²) in [5.74, 6) is 1.18. The van der Waals surface area contributed by atoms with E-state index in [1.165, 1.54) is 5.56 Å². The number of benzene rings is 2. The van der Waals surface area contributed by atoms with Gasteiger partial charge in [0.25, 0.3) is 0 Å². The third kappa shape index (κ3) is 5.16. The molecular weight excluding hydrogens is 465 g/mol. The van der Waals surface area contributed by atoms with Gasteiger partial charge in [0.2, 0.25) is 5.95 Å². The van der Waals surface area contributed by atoms with E-state index < -0.39 is 12.6 Å². The molecule has 0 fully saturated rings. The maximum Gasteiger partial charge on any atom is 0.390 e. The minimum absolute atomic E-state index is 0.0308. The summed E-state index contributed by atoms with van der Waals surface area (Å²) in [6.07, 6.45) is -2.42. The lowest BCUT2D eigenvalue weighted by atomic mass is 9.96. The lowest BCUT2D eigenvalue weighted by molar-refractivity contribution is -0.138. The number of nitrogens with zero attached hydrogens (tertiary/aromatic N) is 3. The van der Waals surface area contributed by atoms with Crippen molar-refractivity contribution in [3.05, 3.63) is 76.5 Å². The molecule has 0 spiro atoms. The van der Waals surface area contributed by atoms with Crippen LogP contribution in [0.2, 0.25) is 0 Å². The van der Waals surface area contributed by atoms with Crippen LogP contribution in [0.15, 0.2) is 43.1 Å². The molecule has 3 N–H and O–H groups in total. The van der Waals surface area contributed by atoms with Gasteiger partial charge >= 0.3 is 6.18 Å². The third-order valence-corrected chi connectivity index (χ3v) is 6.77. The zero-order valence-corrected chi connectivity index (χ0v) is 20.4. The number of halogens is 3. The molecule has 0 unspecified atom stereocenters. The Morgan fingerprint density at radius 2 is 1.89 bits per heavy atom. The van der Waals surface area contributed by atoms with Gasteiger partial charge in [0.05, 0.1) is 6.42 Å². The van der Waals surface area contributed by atoms with E-state index in [0.29, 0.717) is 31.3 Å². The molecule has 0 amide bonds. The van der Waals surface area contributed by atoms with Crippen LogP contribution in [0.3, 0.4) is 0 Å². The molecule has 6 nitrogen and oxygen atoms in total. The molecule has 0 bridgehead atoms. The smallest absolute Gasteiger partial charge is 0.381 e. The molecule has 0 saturated heterocycles. The summed E-state index contributed by atoms with van der Waals surface area (Å²) in [7, 11) is 0. The zero-order valence-electron chi connectivity index (χ0n) is 20.4. The third-order valence-electron chi connectivity index (χ3n) is 6.77. The van der Waals surface area contributed by atoms with Crippen molar-refractivity contribution in [1.82, 2.24) is 20.2 Å². The molecule has 0 saturated carbocycles. The summed E-state index contributed by atoms with van der Waals surface area (Å²) in [5, 5.41) is 10.1. The van der Waals surface area contributed by atoms with Gasteiger partial charge < -0.3 is 16.0 Å². The summed E-state index contributed by atoms with van der Waals surface area (Å²) in [5.41, 5.74) is 9.11. The average molecular weight is 495 g/mol. The first-order valence-electron chi connectivity index (χ1n) is 12.0. The van der Waals surface area contributed by atoms with Crippen LogP contribution in [0.5, 0.6) is 0 Å². The monoisotopic (exact) mass is 494 g/mol. The van der Waals surface area contributed by atoms with Crippen LogP contribution in [0.1, 0.15) is 39.8 Å². The maximum atomic E-state index is 12.6. The Bertz CT molecular complexity index is 1320. The Kier molecular flexibility index (Phi) is 6.34. The van der Waals surface area contributed by atoms with Crippen molar-refractivity contribution in [3.63, 3.8) is 0 Å². The van der Waals surface area contributed by atoms with Crippen molar-refractivity contribution in [2.24, 2.45) is 0 Å². The summed E-state index contributed by atoms with van der Waals surface area (Å²) < 4.78 is 37.9. The molecule has 9 heteroatoms. The normalized spacial score (nSPS) is 15.3. The predicted octanol–water partition coefficient (Wildman–Crippen LogP) is 5.97. The van der Waals surface area contributed by atoms with E-state index in [2.05, 4.69) is 45.7 Å². The fraction of sp³-hybridized carbons (Fsp3) is 0.333. The second kappa shape index (κ2) is 9.46. The maximum absolute atomic E-state index is 12.6. The van der Waals surface area contributed by atoms with Crippen LogP contribution in [-0.2, 0) is 19.5 Å². The highest BCUT2D eigenvalue weighted by Crippen LogP contribution is 2.33. The van der Waals surface area contributed by atoms with E-state index in [4.69, 9.17) is 4.98 Å². The highest BCUT2D eigenvalue weighted by molar-refractivity contribution is 5.82. The minimum atomic E-state index is -4.13. The number of fused-ring (bicyclic) bond motifs is 2. The second-order valence-corrected chi connectivity index (χ2v) is 9.47. The molecule has 0 aliphatic carbocycles. The van der Waals surface area contributed by atoms with Crippen LogP contribution < -0.4 is 16.0 Å². The number of aryl methyl sites for hydroxylation is 2. The van der Waals surface area contributed by atoms with Gasteiger partial charge in [-0.25, -0.2) is 4.98 Å². The fourth-order valence-electron chi connectivity index (χ4n) is 4.78. The van der Waals surface area contributed by atoms with Crippen molar-refractivity contribution >= 4 is 28.8 Å². The number of rotatable bonds is 6. The van der Waals surface area contributed by atoms with E-state index in [9.17, 15) is 13.2 Å². The Labute approximate surface area is 208 Å². The highest BCUT2D eigenvalue weighted by atomic mass is 19.4. The molecule has 3 aromatic rings. The molecule has 3 heterocycles. The van der Waals surface area contributed by atoms with Gasteiger partial charge in [-0.15, -0.1) is 0 Å². The molecule has 5 rings (SSSR count). The molecule has 0 radical (unpaired) electrons. The number of anilines is 4. The Morgan fingerprint density at radius 3 is 2.69 bits per heavy atom. The van der Waals surface area contributed by atoms with Crippen LogP contribution in [-0.4, -0.2) is 34.1 Å². The molecule has 188 valence electrons. The summed E-state index contributed by atoms with van der Waals surface area (Å²) in [6, 6.07) is 10.2. The van der Waals surface area contributed by atoms with Gasteiger partial charge in [0.15, 0.2) is 0 Å². The van der Waals surface area contributed by atoms with E-state index >= 15 is 0 Å². The van der Waals surface area contributed by atoms with E-state index in [1.807, 2.05) is 30.9 Å². The SMILES string of the molecule is C=C1NCc2cccc(Nc3nc(Nc4cc5c(cc4C)CN(CCC(F)(F)F)CC5)ncc3C)c21. The number of hydrogen-bond acceptors (Lipinski definition) is 6. The summed E-state index contributed by atoms with van der Waals surface area (Å²) in [4.78, 5) is 11.1. The average Bonchev–Trinajstić information content (AvgIpc) is 3.21. The van der Waals surface area contributed by atoms with E-state index in [1.54, 1.807) is 6.20 Å². The van der Waals surface area contributed by atoms with Crippen LogP contribution >= 0.6 is 0 Å². The molecule has 2 aliphatic rings. The molecule has 2 aromatic carbocycles. The predicted molar refractivity (Wildman–Crippen MR) is 136 cm³/mol. The topological polar surface area (TPSA) is 65.1 Å². The van der Waals surface area contributed by atoms with Gasteiger partial charge in [0, 0.05) is 60.6 Å². The number of hydrogen-bond donors (Lipinski definition) is 3. The van der Waals surface area contributed by atoms with E-state index in [0.717, 1.165) is 51.4 Å². The Balaban J connectivity index is 1.33. The van der Waals surface area contributed by atoms with Gasteiger partial charge in [0.1, 0.15) is 5.82 Å². The Morgan fingerprint density at radius 1 is 1.06 bits per heavy atom. The van der Waals surface area contributed by atoms with Crippen LogP contribution in [0, 0.1) is 13.8 Å². The first-order valence-corrected chi connectivity index (χ1v) is 12.0. The van der Waals surface area contributed by atoms with Crippen LogP contribution in [0.4, 0.5) is 36.3 Å². The van der Waals surface area contributed by atoms with Gasteiger partial charge in [-0.1, -0.05) is 24.8 Å². The van der Waals surface area contributed by atoms with Crippen molar-refractivity contribution < 1.29 is 13.2 Å². The van der Waals surface area contributed by atoms with Crippen molar-refractivity contribution in [3.8, 4) is 0 Å². The number of nitrogens with one attached hydrogen (secondary N) is 3. The van der Waals surface area contributed by atoms with Gasteiger partial charge in [-0.3, -0.25) is 4.90 Å².